The molecule has 1 unspecified atom stereocenters. The number of aryl methyl sites for hydroxylation is 1. The zero-order valence-corrected chi connectivity index (χ0v) is 20.5. The molecule has 32 heavy (non-hydrogen) atoms. The largest absolute Gasteiger partial charge is 0.481 e. The van der Waals surface area contributed by atoms with E-state index in [1.54, 1.807) is 39.8 Å². The second-order valence-electron chi connectivity index (χ2n) is 9.11. The first-order valence-electron chi connectivity index (χ1n) is 10.7. The maximum absolute atomic E-state index is 13.0. The number of Topliss-reactive ketones (excluding diaryl/α,β-unsaturated/α-hetero) is 1. The summed E-state index contributed by atoms with van der Waals surface area (Å²) in [5.41, 5.74) is 0.155. The summed E-state index contributed by atoms with van der Waals surface area (Å²) in [4.78, 5) is 36.8. The molecule has 0 amide bonds. The van der Waals surface area contributed by atoms with Gasteiger partial charge in [-0.3, -0.25) is 14.4 Å². The Morgan fingerprint density at radius 1 is 1.12 bits per heavy atom. The second kappa shape index (κ2) is 11.6. The highest BCUT2D eigenvalue weighted by molar-refractivity contribution is 7.89. The summed E-state index contributed by atoms with van der Waals surface area (Å²) in [7, 11) is -4.06. The van der Waals surface area contributed by atoms with E-state index in [9.17, 15) is 27.9 Å². The Balaban J connectivity index is 3.11. The fourth-order valence-electron chi connectivity index (χ4n) is 3.09. The minimum atomic E-state index is -4.06. The minimum absolute atomic E-state index is 0.0186. The maximum Gasteiger partial charge on any atom is 0.307 e. The van der Waals surface area contributed by atoms with Crippen molar-refractivity contribution in [1.82, 2.24) is 4.72 Å². The Hall–Kier alpha value is -2.26. The first-order chi connectivity index (χ1) is 14.7. The van der Waals surface area contributed by atoms with Crippen LogP contribution in [0.5, 0.6) is 0 Å². The molecule has 0 heterocycles. The van der Waals surface area contributed by atoms with Crippen LogP contribution < -0.4 is 4.72 Å². The Morgan fingerprint density at radius 2 is 1.69 bits per heavy atom. The van der Waals surface area contributed by atoms with Gasteiger partial charge in [0.2, 0.25) is 10.0 Å². The van der Waals surface area contributed by atoms with E-state index in [-0.39, 0.29) is 30.1 Å². The van der Waals surface area contributed by atoms with Crippen molar-refractivity contribution in [3.8, 4) is 0 Å². The van der Waals surface area contributed by atoms with Crippen molar-refractivity contribution in [3.63, 3.8) is 0 Å². The van der Waals surface area contributed by atoms with Crippen LogP contribution in [-0.2, 0) is 29.1 Å². The van der Waals surface area contributed by atoms with Gasteiger partial charge >= 0.3 is 11.9 Å². The van der Waals surface area contributed by atoms with Gasteiger partial charge in [-0.1, -0.05) is 38.0 Å². The quantitative estimate of drug-likeness (QED) is 0.449. The van der Waals surface area contributed by atoms with Gasteiger partial charge in [0.15, 0.2) is 5.78 Å². The normalized spacial score (nSPS) is 14.9. The molecule has 8 nitrogen and oxygen atoms in total. The van der Waals surface area contributed by atoms with Crippen molar-refractivity contribution < 1.29 is 32.6 Å². The molecular weight excluding hydrogens is 434 g/mol. The summed E-state index contributed by atoms with van der Waals surface area (Å²) in [5.74, 6) is -3.46. The third-order valence-corrected chi connectivity index (χ3v) is 6.63. The standard InChI is InChI=1S/C23H35NO7S/c1-7-16(3)18(22(27)28)14-20(25)19(12-13-21(26)31-23(4,5)6)24-32(29,30)17-10-8-15(2)9-11-17/h8-11,16,18-19,24H,7,12-14H2,1-6H3,(H,27,28)/t16?,18-,19-/m0/s1. The molecule has 2 N–H and O–H groups in total. The molecule has 0 radical (unpaired) electrons. The van der Waals surface area contributed by atoms with Crippen molar-refractivity contribution in [3.05, 3.63) is 29.8 Å². The first kappa shape index (κ1) is 27.8. The van der Waals surface area contributed by atoms with Crippen LogP contribution in [0.4, 0.5) is 0 Å². The molecule has 0 spiro atoms. The van der Waals surface area contributed by atoms with Gasteiger partial charge in [0.1, 0.15) is 5.60 Å². The third kappa shape index (κ3) is 9.08. The molecule has 1 aromatic rings. The molecule has 0 aliphatic rings. The lowest BCUT2D eigenvalue weighted by Crippen LogP contribution is -2.43. The monoisotopic (exact) mass is 469 g/mol. The van der Waals surface area contributed by atoms with Crippen LogP contribution in [0, 0.1) is 18.8 Å². The Morgan fingerprint density at radius 3 is 2.16 bits per heavy atom. The van der Waals surface area contributed by atoms with Crippen LogP contribution in [-0.4, -0.2) is 42.9 Å². The second-order valence-corrected chi connectivity index (χ2v) is 10.8. The van der Waals surface area contributed by atoms with E-state index in [4.69, 9.17) is 4.74 Å². The summed E-state index contributed by atoms with van der Waals surface area (Å²) in [5, 5.41) is 9.52. The van der Waals surface area contributed by atoms with Gasteiger partial charge in [-0.15, -0.1) is 0 Å². The van der Waals surface area contributed by atoms with Gasteiger partial charge < -0.3 is 9.84 Å². The number of hydrogen-bond donors (Lipinski definition) is 2. The van der Waals surface area contributed by atoms with Crippen LogP contribution in [0.3, 0.4) is 0 Å². The van der Waals surface area contributed by atoms with Gasteiger partial charge in [0.25, 0.3) is 0 Å². The average molecular weight is 470 g/mol. The minimum Gasteiger partial charge on any atom is -0.481 e. The highest BCUT2D eigenvalue weighted by Crippen LogP contribution is 2.22. The van der Waals surface area contributed by atoms with E-state index in [0.29, 0.717) is 6.42 Å². The number of esters is 1. The number of aliphatic carboxylic acids is 1. The van der Waals surface area contributed by atoms with Crippen molar-refractivity contribution in [1.29, 1.82) is 0 Å². The molecule has 1 aromatic carbocycles. The van der Waals surface area contributed by atoms with E-state index < -0.39 is 45.3 Å². The molecule has 1 rings (SSSR count). The van der Waals surface area contributed by atoms with Gasteiger partial charge in [0, 0.05) is 12.8 Å². The molecule has 0 fully saturated rings. The molecule has 0 aliphatic carbocycles. The zero-order chi connectivity index (χ0) is 24.7. The van der Waals surface area contributed by atoms with Gasteiger partial charge in [-0.05, 0) is 52.2 Å². The topological polar surface area (TPSA) is 127 Å². The van der Waals surface area contributed by atoms with Crippen LogP contribution >= 0.6 is 0 Å². The molecular formula is C23H35NO7S. The van der Waals surface area contributed by atoms with Gasteiger partial charge in [-0.25, -0.2) is 13.1 Å². The smallest absolute Gasteiger partial charge is 0.307 e. The number of nitrogens with one attached hydrogen (secondary N) is 1. The Labute approximate surface area is 190 Å². The summed E-state index contributed by atoms with van der Waals surface area (Å²) in [6, 6.07) is 4.86. The number of carboxylic acids is 1. The van der Waals surface area contributed by atoms with Gasteiger partial charge in [-0.2, -0.15) is 0 Å². The van der Waals surface area contributed by atoms with E-state index in [1.807, 2.05) is 13.8 Å². The predicted molar refractivity (Wildman–Crippen MR) is 121 cm³/mol. The number of ketones is 1. The number of carbonyl (C=O) groups excluding carboxylic acids is 2. The number of hydrogen-bond acceptors (Lipinski definition) is 6. The summed E-state index contributed by atoms with van der Waals surface area (Å²) < 4.78 is 33.3. The number of rotatable bonds is 12. The molecule has 180 valence electrons. The van der Waals surface area contributed by atoms with E-state index in [0.717, 1.165) is 5.56 Å². The zero-order valence-electron chi connectivity index (χ0n) is 19.7. The molecule has 0 aromatic heterocycles. The number of carboxylic acid groups (broad SMARTS) is 1. The number of sulfonamides is 1. The SMILES string of the molecule is CCC(C)[C@H](CC(=O)[C@H](CCC(=O)OC(C)(C)C)NS(=O)(=O)c1ccc(C)cc1)C(=O)O. The van der Waals surface area contributed by atoms with Crippen molar-refractivity contribution >= 4 is 27.7 Å². The van der Waals surface area contributed by atoms with Crippen LogP contribution in [0.15, 0.2) is 29.2 Å². The van der Waals surface area contributed by atoms with Crippen molar-refractivity contribution in [2.24, 2.45) is 11.8 Å². The first-order valence-corrected chi connectivity index (χ1v) is 12.2. The number of benzene rings is 1. The number of carbonyl (C=O) groups is 3. The van der Waals surface area contributed by atoms with Crippen molar-refractivity contribution in [2.75, 3.05) is 0 Å². The summed E-state index contributed by atoms with van der Waals surface area (Å²) in [6.45, 7) is 10.5. The van der Waals surface area contributed by atoms with E-state index in [2.05, 4.69) is 4.72 Å². The maximum atomic E-state index is 13.0. The fourth-order valence-corrected chi connectivity index (χ4v) is 4.34. The Bertz CT molecular complexity index is 901. The van der Waals surface area contributed by atoms with Crippen molar-refractivity contribution in [2.45, 2.75) is 83.8 Å². The molecule has 9 heteroatoms. The molecule has 3 atom stereocenters. The average Bonchev–Trinajstić information content (AvgIpc) is 2.67. The lowest BCUT2D eigenvalue weighted by molar-refractivity contribution is -0.155. The molecule has 0 saturated carbocycles. The highest BCUT2D eigenvalue weighted by Gasteiger charge is 2.32. The highest BCUT2D eigenvalue weighted by atomic mass is 32.2. The molecule has 0 bridgehead atoms. The fraction of sp³-hybridized carbons (Fsp3) is 0.609. The predicted octanol–water partition coefficient (Wildman–Crippen LogP) is 3.47. The molecule has 0 saturated heterocycles. The third-order valence-electron chi connectivity index (χ3n) is 5.14. The molecule has 0 aliphatic heterocycles. The van der Waals surface area contributed by atoms with E-state index >= 15 is 0 Å². The Kier molecular flexibility index (Phi) is 10.0. The van der Waals surface area contributed by atoms with Crippen LogP contribution in [0.1, 0.15) is 65.9 Å². The number of ether oxygens (including phenoxy) is 1. The lowest BCUT2D eigenvalue weighted by atomic mass is 9.86. The summed E-state index contributed by atoms with van der Waals surface area (Å²) >= 11 is 0. The lowest BCUT2D eigenvalue weighted by Gasteiger charge is -2.23. The van der Waals surface area contributed by atoms with E-state index in [1.165, 1.54) is 12.1 Å². The van der Waals surface area contributed by atoms with Gasteiger partial charge in [0.05, 0.1) is 16.9 Å². The van der Waals surface area contributed by atoms with Crippen LogP contribution in [0.2, 0.25) is 0 Å². The van der Waals surface area contributed by atoms with Crippen LogP contribution in [0.25, 0.3) is 0 Å². The summed E-state index contributed by atoms with van der Waals surface area (Å²) in [6.07, 6.45) is -0.0987.